The van der Waals surface area contributed by atoms with E-state index in [-0.39, 0.29) is 47.9 Å². The van der Waals surface area contributed by atoms with Crippen LogP contribution < -0.4 is 9.47 Å². The highest BCUT2D eigenvalue weighted by Crippen LogP contribution is 2.32. The second kappa shape index (κ2) is 23.0. The Hall–Kier alpha value is -3.50. The van der Waals surface area contributed by atoms with Gasteiger partial charge in [-0.05, 0) is 121 Å². The SMILES string of the molecule is C=CC(=O)OCCCCCCOC1CCC(C(=O)Oc2ccc(OC(=O)C3CCC(OCCCCCCOC(=O)C=C)CC3)c(C)c2)CC1. The van der Waals surface area contributed by atoms with E-state index in [4.69, 9.17) is 28.4 Å². The van der Waals surface area contributed by atoms with Crippen molar-refractivity contribution < 1.29 is 47.6 Å². The largest absolute Gasteiger partial charge is 0.463 e. The maximum Gasteiger partial charge on any atom is 0.330 e. The van der Waals surface area contributed by atoms with Gasteiger partial charge in [0.2, 0.25) is 0 Å². The molecule has 3 rings (SSSR count). The third-order valence-electron chi connectivity index (χ3n) is 9.20. The summed E-state index contributed by atoms with van der Waals surface area (Å²) < 4.78 is 33.5. The van der Waals surface area contributed by atoms with Crippen LogP contribution in [0, 0.1) is 18.8 Å². The predicted molar refractivity (Wildman–Crippen MR) is 185 cm³/mol. The van der Waals surface area contributed by atoms with Crippen LogP contribution in [0.15, 0.2) is 43.5 Å². The minimum atomic E-state index is -0.381. The quantitative estimate of drug-likeness (QED) is 0.0524. The minimum Gasteiger partial charge on any atom is -0.463 e. The zero-order valence-corrected chi connectivity index (χ0v) is 29.3. The van der Waals surface area contributed by atoms with Gasteiger partial charge in [0.25, 0.3) is 0 Å². The molecular weight excluding hydrogens is 628 g/mol. The lowest BCUT2D eigenvalue weighted by Crippen LogP contribution is -2.29. The zero-order chi connectivity index (χ0) is 35.3. The monoisotopic (exact) mass is 684 g/mol. The van der Waals surface area contributed by atoms with Crippen LogP contribution in [0.25, 0.3) is 0 Å². The fourth-order valence-corrected chi connectivity index (χ4v) is 6.20. The highest BCUT2D eigenvalue weighted by Gasteiger charge is 2.30. The molecule has 1 aromatic carbocycles. The van der Waals surface area contributed by atoms with Gasteiger partial charge in [-0.15, -0.1) is 0 Å². The number of ether oxygens (including phenoxy) is 6. The Labute approximate surface area is 291 Å². The van der Waals surface area contributed by atoms with E-state index in [9.17, 15) is 19.2 Å². The summed E-state index contributed by atoms with van der Waals surface area (Å²) in [6, 6.07) is 5.13. The fourth-order valence-electron chi connectivity index (χ4n) is 6.20. The van der Waals surface area contributed by atoms with Gasteiger partial charge in [0, 0.05) is 25.4 Å². The van der Waals surface area contributed by atoms with Crippen molar-refractivity contribution in [1.82, 2.24) is 0 Å². The molecule has 0 aromatic heterocycles. The summed E-state index contributed by atoms with van der Waals surface area (Å²) in [6.07, 6.45) is 16.5. The molecule has 0 radical (unpaired) electrons. The van der Waals surface area contributed by atoms with Gasteiger partial charge in [0.1, 0.15) is 11.5 Å². The third kappa shape index (κ3) is 15.7. The first kappa shape index (κ1) is 39.9. The summed E-state index contributed by atoms with van der Waals surface area (Å²) in [5.41, 5.74) is 0.740. The molecule has 0 saturated heterocycles. The molecule has 2 fully saturated rings. The lowest BCUT2D eigenvalue weighted by molar-refractivity contribution is -0.142. The molecular formula is C39H56O10. The number of carbonyl (C=O) groups is 4. The molecule has 272 valence electrons. The Morgan fingerprint density at radius 1 is 0.612 bits per heavy atom. The molecule has 0 N–H and O–H groups in total. The van der Waals surface area contributed by atoms with Crippen LogP contribution >= 0.6 is 0 Å². The van der Waals surface area contributed by atoms with Crippen LogP contribution in [-0.2, 0) is 38.1 Å². The first-order chi connectivity index (χ1) is 23.8. The molecule has 0 unspecified atom stereocenters. The Kier molecular flexibility index (Phi) is 18.7. The molecule has 0 amide bonds. The lowest BCUT2D eigenvalue weighted by Gasteiger charge is -2.27. The first-order valence-corrected chi connectivity index (χ1v) is 18.1. The van der Waals surface area contributed by atoms with Gasteiger partial charge < -0.3 is 28.4 Å². The number of hydrogen-bond donors (Lipinski definition) is 0. The van der Waals surface area contributed by atoms with Crippen LogP contribution in [0.5, 0.6) is 11.5 Å². The number of carbonyl (C=O) groups excluding carboxylic acids is 4. The fraction of sp³-hybridized carbons (Fsp3) is 0.641. The summed E-state index contributed by atoms with van der Waals surface area (Å²) >= 11 is 0. The number of benzene rings is 1. The standard InChI is InChI=1S/C39H56O10/c1-4-36(40)46-26-12-8-6-10-24-44-32-18-14-30(15-19-32)38(42)48-34-22-23-35(29(3)28-34)49-39(43)31-16-20-33(21-17-31)45-25-11-7-9-13-27-47-37(41)5-2/h4-5,22-23,28,30-33H,1-2,6-21,24-27H2,3H3. The van der Waals surface area contributed by atoms with Crippen LogP contribution in [0.1, 0.15) is 108 Å². The topological polar surface area (TPSA) is 124 Å². The first-order valence-electron chi connectivity index (χ1n) is 18.1. The summed E-state index contributed by atoms with van der Waals surface area (Å²) in [4.78, 5) is 47.9. The molecule has 1 aromatic rings. The predicted octanol–water partition coefficient (Wildman–Crippen LogP) is 7.54. The maximum atomic E-state index is 12.9. The van der Waals surface area contributed by atoms with Crippen molar-refractivity contribution in [2.24, 2.45) is 11.8 Å². The van der Waals surface area contributed by atoms with E-state index in [0.29, 0.717) is 37.9 Å². The van der Waals surface area contributed by atoms with E-state index < -0.39 is 0 Å². The highest BCUT2D eigenvalue weighted by atomic mass is 16.5. The summed E-state index contributed by atoms with van der Waals surface area (Å²) in [5, 5.41) is 0. The Morgan fingerprint density at radius 3 is 1.47 bits per heavy atom. The van der Waals surface area contributed by atoms with Crippen LogP contribution in [-0.4, -0.2) is 62.5 Å². The van der Waals surface area contributed by atoms with E-state index >= 15 is 0 Å². The number of unbranched alkanes of at least 4 members (excludes halogenated alkanes) is 6. The molecule has 2 aliphatic rings. The molecule has 0 aliphatic heterocycles. The molecule has 0 heterocycles. The van der Waals surface area contributed by atoms with E-state index in [2.05, 4.69) is 13.2 Å². The van der Waals surface area contributed by atoms with Crippen LogP contribution in [0.2, 0.25) is 0 Å². The van der Waals surface area contributed by atoms with Crippen molar-refractivity contribution in [2.75, 3.05) is 26.4 Å². The van der Waals surface area contributed by atoms with Crippen molar-refractivity contribution >= 4 is 23.9 Å². The van der Waals surface area contributed by atoms with Crippen molar-refractivity contribution in [3.05, 3.63) is 49.1 Å². The van der Waals surface area contributed by atoms with Crippen LogP contribution in [0.4, 0.5) is 0 Å². The third-order valence-corrected chi connectivity index (χ3v) is 9.20. The minimum absolute atomic E-state index is 0.157. The average molecular weight is 685 g/mol. The molecule has 49 heavy (non-hydrogen) atoms. The number of rotatable bonds is 22. The number of hydrogen-bond acceptors (Lipinski definition) is 10. The molecule has 10 heteroatoms. The lowest BCUT2D eigenvalue weighted by atomic mass is 9.87. The van der Waals surface area contributed by atoms with E-state index in [1.54, 1.807) is 18.2 Å². The molecule has 0 atom stereocenters. The Bertz CT molecular complexity index is 1190. The molecule has 0 spiro atoms. The summed E-state index contributed by atoms with van der Waals surface area (Å²) in [6.45, 7) is 10.8. The van der Waals surface area contributed by atoms with Crippen molar-refractivity contribution in [2.45, 2.75) is 122 Å². The molecule has 0 bridgehead atoms. The van der Waals surface area contributed by atoms with Crippen molar-refractivity contribution in [3.8, 4) is 11.5 Å². The van der Waals surface area contributed by atoms with Crippen LogP contribution in [0.3, 0.4) is 0 Å². The van der Waals surface area contributed by atoms with Crippen molar-refractivity contribution in [3.63, 3.8) is 0 Å². The molecule has 2 aliphatic carbocycles. The Balaban J connectivity index is 1.25. The van der Waals surface area contributed by atoms with Crippen molar-refractivity contribution in [1.29, 1.82) is 0 Å². The number of esters is 4. The molecule has 10 nitrogen and oxygen atoms in total. The zero-order valence-electron chi connectivity index (χ0n) is 29.3. The van der Waals surface area contributed by atoms with Gasteiger partial charge in [-0.3, -0.25) is 9.59 Å². The average Bonchev–Trinajstić information content (AvgIpc) is 3.11. The second-order valence-corrected chi connectivity index (χ2v) is 13.0. The number of aryl methyl sites for hydroxylation is 1. The maximum absolute atomic E-state index is 12.9. The second-order valence-electron chi connectivity index (χ2n) is 13.0. The molecule has 2 saturated carbocycles. The van der Waals surface area contributed by atoms with E-state index in [0.717, 1.165) is 108 Å². The Morgan fingerprint density at radius 2 is 1.04 bits per heavy atom. The summed E-state index contributed by atoms with van der Waals surface area (Å²) in [7, 11) is 0. The van der Waals surface area contributed by atoms with Gasteiger partial charge in [0.05, 0.1) is 37.3 Å². The van der Waals surface area contributed by atoms with Gasteiger partial charge in [-0.25, -0.2) is 9.59 Å². The van der Waals surface area contributed by atoms with Gasteiger partial charge in [0.15, 0.2) is 0 Å². The summed E-state index contributed by atoms with van der Waals surface area (Å²) in [5.74, 6) is -0.600. The van der Waals surface area contributed by atoms with Gasteiger partial charge in [-0.1, -0.05) is 26.0 Å². The van der Waals surface area contributed by atoms with Gasteiger partial charge >= 0.3 is 23.9 Å². The normalized spacial score (nSPS) is 20.5. The smallest absolute Gasteiger partial charge is 0.330 e. The van der Waals surface area contributed by atoms with E-state index in [1.165, 1.54) is 12.2 Å². The highest BCUT2D eigenvalue weighted by molar-refractivity contribution is 5.81. The van der Waals surface area contributed by atoms with Gasteiger partial charge in [-0.2, -0.15) is 0 Å². The van der Waals surface area contributed by atoms with E-state index in [1.807, 2.05) is 6.92 Å².